The van der Waals surface area contributed by atoms with Crippen molar-refractivity contribution in [3.8, 4) is 0 Å². The van der Waals surface area contributed by atoms with E-state index >= 15 is 0 Å². The number of carbonyl (C=O) groups is 1. The van der Waals surface area contributed by atoms with Gasteiger partial charge in [0.2, 0.25) is 5.91 Å². The van der Waals surface area contributed by atoms with Crippen molar-refractivity contribution in [2.75, 3.05) is 11.9 Å². The molecule has 4 heteroatoms. The van der Waals surface area contributed by atoms with Gasteiger partial charge in [-0.25, -0.2) is 0 Å². The lowest BCUT2D eigenvalue weighted by Crippen LogP contribution is -2.32. The first kappa shape index (κ1) is 16.0. The van der Waals surface area contributed by atoms with E-state index in [1.54, 1.807) is 0 Å². The van der Waals surface area contributed by atoms with Gasteiger partial charge in [-0.1, -0.05) is 32.0 Å². The molecular formula is C17H26N2O2. The molecule has 0 radical (unpaired) electrons. The average molecular weight is 290 g/mol. The Morgan fingerprint density at radius 3 is 2.52 bits per heavy atom. The van der Waals surface area contributed by atoms with Crippen molar-refractivity contribution in [2.24, 2.45) is 11.8 Å². The first-order chi connectivity index (χ1) is 10.0. The Kier molecular flexibility index (Phi) is 5.37. The van der Waals surface area contributed by atoms with Crippen LogP contribution < -0.4 is 10.6 Å². The molecule has 4 unspecified atom stereocenters. The molecule has 1 saturated heterocycles. The molecule has 1 aromatic carbocycles. The summed E-state index contributed by atoms with van der Waals surface area (Å²) in [7, 11) is 0. The highest BCUT2D eigenvalue weighted by atomic mass is 16.5. The standard InChI is InChI=1S/C17H26N2O2/c1-5-18-10-14-8-6-7-9-15(14)19-17(20)16-11(2)12(3)21-13(16)4/h6-9,11-13,16,18H,5,10H2,1-4H3,(H,19,20). The van der Waals surface area contributed by atoms with Crippen LogP contribution in [-0.2, 0) is 16.1 Å². The summed E-state index contributed by atoms with van der Waals surface area (Å²) in [4.78, 5) is 12.6. The normalized spacial score (nSPS) is 28.6. The predicted octanol–water partition coefficient (Wildman–Crippen LogP) is 2.79. The Morgan fingerprint density at radius 2 is 1.90 bits per heavy atom. The van der Waals surface area contributed by atoms with Crippen LogP contribution in [0.4, 0.5) is 5.69 Å². The average Bonchev–Trinajstić information content (AvgIpc) is 2.71. The predicted molar refractivity (Wildman–Crippen MR) is 85.1 cm³/mol. The summed E-state index contributed by atoms with van der Waals surface area (Å²) in [5.74, 6) is 0.205. The molecule has 4 atom stereocenters. The van der Waals surface area contributed by atoms with Gasteiger partial charge >= 0.3 is 0 Å². The molecule has 0 aliphatic carbocycles. The van der Waals surface area contributed by atoms with Crippen LogP contribution in [-0.4, -0.2) is 24.7 Å². The minimum Gasteiger partial charge on any atom is -0.374 e. The highest BCUT2D eigenvalue weighted by molar-refractivity contribution is 5.94. The van der Waals surface area contributed by atoms with Gasteiger partial charge in [0, 0.05) is 12.2 Å². The van der Waals surface area contributed by atoms with Crippen molar-refractivity contribution < 1.29 is 9.53 Å². The minimum absolute atomic E-state index is 0.0315. The molecule has 1 aliphatic rings. The van der Waals surface area contributed by atoms with E-state index in [-0.39, 0.29) is 30.0 Å². The fraction of sp³-hybridized carbons (Fsp3) is 0.588. The lowest BCUT2D eigenvalue weighted by molar-refractivity contribution is -0.121. The van der Waals surface area contributed by atoms with Crippen LogP contribution in [0.1, 0.15) is 33.3 Å². The summed E-state index contributed by atoms with van der Waals surface area (Å²) in [6.07, 6.45) is 0.101. The third kappa shape index (κ3) is 3.63. The molecule has 0 bridgehead atoms. The number of ether oxygens (including phenoxy) is 1. The summed E-state index contributed by atoms with van der Waals surface area (Å²) < 4.78 is 5.77. The Bertz CT molecular complexity index is 489. The van der Waals surface area contributed by atoms with E-state index in [1.165, 1.54) is 0 Å². The van der Waals surface area contributed by atoms with E-state index in [1.807, 2.05) is 38.1 Å². The van der Waals surface area contributed by atoms with Crippen molar-refractivity contribution in [3.05, 3.63) is 29.8 Å². The van der Waals surface area contributed by atoms with Crippen LogP contribution in [0.15, 0.2) is 24.3 Å². The fourth-order valence-corrected chi connectivity index (χ4v) is 2.99. The van der Waals surface area contributed by atoms with Crippen LogP contribution in [0, 0.1) is 11.8 Å². The van der Waals surface area contributed by atoms with E-state index in [4.69, 9.17) is 4.74 Å². The van der Waals surface area contributed by atoms with Gasteiger partial charge in [-0.05, 0) is 37.9 Å². The maximum Gasteiger partial charge on any atom is 0.230 e. The van der Waals surface area contributed by atoms with E-state index in [0.29, 0.717) is 0 Å². The highest BCUT2D eigenvalue weighted by Crippen LogP contribution is 2.33. The summed E-state index contributed by atoms with van der Waals surface area (Å²) in [5.41, 5.74) is 2.00. The van der Waals surface area contributed by atoms with E-state index in [2.05, 4.69) is 24.5 Å². The van der Waals surface area contributed by atoms with Crippen molar-refractivity contribution in [1.29, 1.82) is 0 Å². The third-order valence-electron chi connectivity index (χ3n) is 4.39. The summed E-state index contributed by atoms with van der Waals surface area (Å²) >= 11 is 0. The highest BCUT2D eigenvalue weighted by Gasteiger charge is 2.41. The number of rotatable bonds is 5. The summed E-state index contributed by atoms with van der Waals surface area (Å²) in [5, 5.41) is 6.38. The van der Waals surface area contributed by atoms with Crippen LogP contribution in [0.2, 0.25) is 0 Å². The number of hydrogen-bond acceptors (Lipinski definition) is 3. The van der Waals surface area contributed by atoms with Gasteiger partial charge in [0.15, 0.2) is 0 Å². The number of amides is 1. The Labute approximate surface area is 127 Å². The summed E-state index contributed by atoms with van der Waals surface area (Å²) in [6, 6.07) is 7.94. The van der Waals surface area contributed by atoms with Crippen LogP contribution >= 0.6 is 0 Å². The molecule has 1 heterocycles. The Hall–Kier alpha value is -1.39. The quantitative estimate of drug-likeness (QED) is 0.876. The van der Waals surface area contributed by atoms with Crippen molar-refractivity contribution >= 4 is 11.6 Å². The smallest absolute Gasteiger partial charge is 0.230 e. The zero-order chi connectivity index (χ0) is 15.4. The Balaban J connectivity index is 2.09. The van der Waals surface area contributed by atoms with E-state index in [0.717, 1.165) is 24.3 Å². The van der Waals surface area contributed by atoms with Crippen LogP contribution in [0.5, 0.6) is 0 Å². The van der Waals surface area contributed by atoms with Gasteiger partial charge in [0.05, 0.1) is 18.1 Å². The van der Waals surface area contributed by atoms with Crippen LogP contribution in [0.3, 0.4) is 0 Å². The number of anilines is 1. The largest absolute Gasteiger partial charge is 0.374 e. The van der Waals surface area contributed by atoms with Gasteiger partial charge in [0.25, 0.3) is 0 Å². The molecule has 4 nitrogen and oxygen atoms in total. The van der Waals surface area contributed by atoms with Gasteiger partial charge < -0.3 is 15.4 Å². The zero-order valence-electron chi connectivity index (χ0n) is 13.3. The second-order valence-electron chi connectivity index (χ2n) is 5.86. The number of carbonyl (C=O) groups excluding carboxylic acids is 1. The molecule has 116 valence electrons. The molecule has 2 rings (SSSR count). The van der Waals surface area contributed by atoms with Crippen molar-refractivity contribution in [2.45, 2.75) is 46.4 Å². The van der Waals surface area contributed by atoms with Gasteiger partial charge in [-0.3, -0.25) is 4.79 Å². The molecular weight excluding hydrogens is 264 g/mol. The van der Waals surface area contributed by atoms with Gasteiger partial charge in [0.1, 0.15) is 0 Å². The van der Waals surface area contributed by atoms with Crippen LogP contribution in [0.25, 0.3) is 0 Å². The Morgan fingerprint density at radius 1 is 1.19 bits per heavy atom. The topological polar surface area (TPSA) is 50.4 Å². The van der Waals surface area contributed by atoms with E-state index in [9.17, 15) is 4.79 Å². The van der Waals surface area contributed by atoms with Gasteiger partial charge in [-0.2, -0.15) is 0 Å². The van der Waals surface area contributed by atoms with Crippen molar-refractivity contribution in [3.63, 3.8) is 0 Å². The molecule has 1 aromatic rings. The second kappa shape index (κ2) is 7.05. The van der Waals surface area contributed by atoms with Gasteiger partial charge in [-0.15, -0.1) is 0 Å². The van der Waals surface area contributed by atoms with Crippen molar-refractivity contribution in [1.82, 2.24) is 5.32 Å². The second-order valence-corrected chi connectivity index (χ2v) is 5.86. The number of hydrogen-bond donors (Lipinski definition) is 2. The number of nitrogens with one attached hydrogen (secondary N) is 2. The maximum absolute atomic E-state index is 12.6. The molecule has 1 fully saturated rings. The SMILES string of the molecule is CCNCc1ccccc1NC(=O)C1C(C)OC(C)C1C. The lowest BCUT2D eigenvalue weighted by Gasteiger charge is -2.19. The summed E-state index contributed by atoms with van der Waals surface area (Å²) in [6.45, 7) is 9.84. The molecule has 0 saturated carbocycles. The molecule has 21 heavy (non-hydrogen) atoms. The molecule has 0 spiro atoms. The van der Waals surface area contributed by atoms with E-state index < -0.39 is 0 Å². The lowest BCUT2D eigenvalue weighted by atomic mass is 9.88. The number of para-hydroxylation sites is 1. The number of benzene rings is 1. The first-order valence-electron chi connectivity index (χ1n) is 7.79. The third-order valence-corrected chi connectivity index (χ3v) is 4.39. The molecule has 0 aromatic heterocycles. The molecule has 1 aliphatic heterocycles. The zero-order valence-corrected chi connectivity index (χ0v) is 13.3. The first-order valence-corrected chi connectivity index (χ1v) is 7.79. The fourth-order valence-electron chi connectivity index (χ4n) is 2.99. The monoisotopic (exact) mass is 290 g/mol. The minimum atomic E-state index is -0.0906. The maximum atomic E-state index is 12.6. The molecule has 2 N–H and O–H groups in total. The molecule has 1 amide bonds.